The monoisotopic (exact) mass is 634 g/mol. The average molecular weight is 635 g/mol. The van der Waals surface area contributed by atoms with Gasteiger partial charge in [0.1, 0.15) is 5.75 Å². The van der Waals surface area contributed by atoms with Gasteiger partial charge < -0.3 is 14.1 Å². The Morgan fingerprint density at radius 3 is 2.07 bits per heavy atom. The number of hydrogen-bond donors (Lipinski definition) is 0. The van der Waals surface area contributed by atoms with E-state index in [1.165, 1.54) is 36.8 Å². The van der Waals surface area contributed by atoms with Crippen molar-refractivity contribution in [2.45, 2.75) is 125 Å². The van der Waals surface area contributed by atoms with Crippen LogP contribution >= 0.6 is 0 Å². The van der Waals surface area contributed by atoms with Gasteiger partial charge in [0, 0.05) is 12.2 Å². The van der Waals surface area contributed by atoms with E-state index in [1.807, 2.05) is 32.0 Å². The summed E-state index contributed by atoms with van der Waals surface area (Å²) in [5, 5.41) is 0. The van der Waals surface area contributed by atoms with E-state index in [0.717, 1.165) is 111 Å². The molecule has 6 heteroatoms. The van der Waals surface area contributed by atoms with E-state index >= 15 is 0 Å². The molecule has 0 bridgehead atoms. The van der Waals surface area contributed by atoms with Crippen molar-refractivity contribution in [3.8, 4) is 5.75 Å². The number of esters is 1. The molecule has 2 atom stereocenters. The van der Waals surface area contributed by atoms with Gasteiger partial charge in [0.05, 0.1) is 25.7 Å². The summed E-state index contributed by atoms with van der Waals surface area (Å²) in [5.74, 6) is 0.894. The highest BCUT2D eigenvalue weighted by Gasteiger charge is 2.33. The molecule has 1 aliphatic rings. The van der Waals surface area contributed by atoms with Gasteiger partial charge in [-0.25, -0.2) is 4.79 Å². The van der Waals surface area contributed by atoms with E-state index in [0.29, 0.717) is 12.5 Å². The van der Waals surface area contributed by atoms with Crippen molar-refractivity contribution in [3.63, 3.8) is 0 Å². The maximum atomic E-state index is 14.1. The minimum Gasteiger partial charge on any atom is -0.422 e. The SMILES string of the molecule is CCCCN(C(=O)[C@@H]1CCCCN1CCCCCCC[N+](CC)(CCC)CC(=O)Oc1c(C)cccc1C)c1c(C)cccc1C. The van der Waals surface area contributed by atoms with Gasteiger partial charge in [-0.1, -0.05) is 75.9 Å². The van der Waals surface area contributed by atoms with Gasteiger partial charge in [-0.05, 0) is 115 Å². The lowest BCUT2D eigenvalue weighted by molar-refractivity contribution is -0.919. The van der Waals surface area contributed by atoms with Crippen LogP contribution in [0.2, 0.25) is 0 Å². The van der Waals surface area contributed by atoms with E-state index in [9.17, 15) is 9.59 Å². The van der Waals surface area contributed by atoms with E-state index in [4.69, 9.17) is 4.74 Å². The normalized spacial score (nSPS) is 16.6. The molecule has 0 N–H and O–H groups in total. The van der Waals surface area contributed by atoms with Gasteiger partial charge in [0.2, 0.25) is 5.91 Å². The number of aryl methyl sites for hydroxylation is 4. The van der Waals surface area contributed by atoms with E-state index < -0.39 is 0 Å². The highest BCUT2D eigenvalue weighted by molar-refractivity contribution is 5.98. The number of likely N-dealkylation sites (tertiary alicyclic amines) is 1. The molecule has 3 rings (SSSR count). The first-order valence-electron chi connectivity index (χ1n) is 18.4. The number of likely N-dealkylation sites (N-methyl/N-ethyl adjacent to an activating group) is 1. The number of anilines is 1. The van der Waals surface area contributed by atoms with Gasteiger partial charge >= 0.3 is 5.97 Å². The van der Waals surface area contributed by atoms with Crippen LogP contribution in [0, 0.1) is 27.7 Å². The van der Waals surface area contributed by atoms with Crippen molar-refractivity contribution in [2.24, 2.45) is 0 Å². The summed E-state index contributed by atoms with van der Waals surface area (Å²) in [5.41, 5.74) is 5.52. The number of unbranched alkanes of at least 4 members (excludes halogenated alkanes) is 5. The van der Waals surface area contributed by atoms with Crippen LogP contribution in [-0.4, -0.2) is 73.1 Å². The number of piperidine rings is 1. The van der Waals surface area contributed by atoms with Crippen LogP contribution < -0.4 is 9.64 Å². The standard InChI is InChI=1S/C40H64N3O3/c1-8-11-28-42(38-32(4)21-19-22-33(38)5)40(45)36-25-15-17-27-41(36)26-16-13-12-14-18-30-43(10-3,29-9-2)31-37(44)46-39-34(6)23-20-24-35(39)7/h19-24,36H,8-18,25-31H2,1-7H3/q+1/t36-,43?/m0/s1. The Bertz CT molecular complexity index is 1200. The molecular formula is C40H64N3O3+. The summed E-state index contributed by atoms with van der Waals surface area (Å²) in [6.45, 7) is 21.1. The Labute approximate surface area is 281 Å². The van der Waals surface area contributed by atoms with Crippen molar-refractivity contribution < 1.29 is 18.8 Å². The Kier molecular flexibility index (Phi) is 15.8. The second-order valence-electron chi connectivity index (χ2n) is 13.9. The predicted molar refractivity (Wildman–Crippen MR) is 193 cm³/mol. The molecule has 1 heterocycles. The number of benzene rings is 2. The number of carbonyl (C=O) groups excluding carboxylic acids is 2. The number of carbonyl (C=O) groups is 2. The topological polar surface area (TPSA) is 49.9 Å². The molecule has 0 spiro atoms. The summed E-state index contributed by atoms with van der Waals surface area (Å²) in [6.07, 6.45) is 12.2. The summed E-state index contributed by atoms with van der Waals surface area (Å²) >= 11 is 0. The maximum Gasteiger partial charge on any atom is 0.367 e. The minimum atomic E-state index is -0.121. The number of amides is 1. The summed E-state index contributed by atoms with van der Waals surface area (Å²) in [7, 11) is 0. The molecule has 256 valence electrons. The van der Waals surface area contributed by atoms with Crippen LogP contribution in [-0.2, 0) is 9.59 Å². The summed E-state index contributed by atoms with van der Waals surface area (Å²) < 4.78 is 6.70. The smallest absolute Gasteiger partial charge is 0.367 e. The molecular weight excluding hydrogens is 570 g/mol. The lowest BCUT2D eigenvalue weighted by Gasteiger charge is -2.38. The Balaban J connectivity index is 1.50. The van der Waals surface area contributed by atoms with Gasteiger partial charge in [0.25, 0.3) is 0 Å². The zero-order valence-electron chi connectivity index (χ0n) is 30.3. The Morgan fingerprint density at radius 2 is 1.43 bits per heavy atom. The lowest BCUT2D eigenvalue weighted by atomic mass is 9.98. The second-order valence-corrected chi connectivity index (χ2v) is 13.9. The first kappa shape index (κ1) is 37.8. The first-order valence-corrected chi connectivity index (χ1v) is 18.4. The fourth-order valence-electron chi connectivity index (χ4n) is 7.44. The lowest BCUT2D eigenvalue weighted by Crippen LogP contribution is -2.53. The molecule has 2 aromatic rings. The minimum absolute atomic E-state index is 0.00987. The fraction of sp³-hybridized carbons (Fsp3) is 0.650. The van der Waals surface area contributed by atoms with Crippen LogP contribution in [0.1, 0.15) is 114 Å². The van der Waals surface area contributed by atoms with Crippen molar-refractivity contribution in [1.82, 2.24) is 4.90 Å². The Hall–Kier alpha value is -2.70. The van der Waals surface area contributed by atoms with Gasteiger partial charge in [-0.3, -0.25) is 9.69 Å². The van der Waals surface area contributed by atoms with Crippen LogP contribution in [0.25, 0.3) is 0 Å². The molecule has 1 aliphatic heterocycles. The molecule has 0 aliphatic carbocycles. The molecule has 1 fully saturated rings. The van der Waals surface area contributed by atoms with E-state index in [1.54, 1.807) is 0 Å². The second kappa shape index (κ2) is 19.2. The molecule has 0 radical (unpaired) electrons. The average Bonchev–Trinajstić information content (AvgIpc) is 3.03. The third-order valence-electron chi connectivity index (χ3n) is 10.1. The quantitative estimate of drug-likeness (QED) is 0.0671. The van der Waals surface area contributed by atoms with Gasteiger partial charge in [-0.15, -0.1) is 0 Å². The van der Waals surface area contributed by atoms with Gasteiger partial charge in [-0.2, -0.15) is 0 Å². The number of hydrogen-bond acceptors (Lipinski definition) is 4. The highest BCUT2D eigenvalue weighted by Crippen LogP contribution is 2.29. The van der Waals surface area contributed by atoms with Crippen LogP contribution in [0.3, 0.4) is 0 Å². The third kappa shape index (κ3) is 10.7. The molecule has 1 unspecified atom stereocenters. The molecule has 6 nitrogen and oxygen atoms in total. The molecule has 0 aromatic heterocycles. The fourth-order valence-corrected chi connectivity index (χ4v) is 7.44. The molecule has 2 aromatic carbocycles. The zero-order chi connectivity index (χ0) is 33.5. The third-order valence-corrected chi connectivity index (χ3v) is 10.1. The van der Waals surface area contributed by atoms with E-state index in [2.05, 4.69) is 62.6 Å². The predicted octanol–water partition coefficient (Wildman–Crippen LogP) is 8.71. The maximum absolute atomic E-state index is 14.1. The summed E-state index contributed by atoms with van der Waals surface area (Å²) in [4.78, 5) is 31.8. The van der Waals surface area contributed by atoms with E-state index in [-0.39, 0.29) is 12.0 Å². The summed E-state index contributed by atoms with van der Waals surface area (Å²) in [6, 6.07) is 12.4. The molecule has 0 saturated carbocycles. The number of para-hydroxylation sites is 2. The van der Waals surface area contributed by atoms with Crippen LogP contribution in [0.5, 0.6) is 5.75 Å². The molecule has 1 saturated heterocycles. The zero-order valence-corrected chi connectivity index (χ0v) is 30.3. The Morgan fingerprint density at radius 1 is 0.804 bits per heavy atom. The first-order chi connectivity index (χ1) is 22.2. The van der Waals surface area contributed by atoms with Crippen molar-refractivity contribution >= 4 is 17.6 Å². The number of ether oxygens (including phenoxy) is 1. The van der Waals surface area contributed by atoms with Crippen LogP contribution in [0.4, 0.5) is 5.69 Å². The van der Waals surface area contributed by atoms with Gasteiger partial charge in [0.15, 0.2) is 6.54 Å². The highest BCUT2D eigenvalue weighted by atomic mass is 16.5. The molecule has 46 heavy (non-hydrogen) atoms. The molecule has 1 amide bonds. The largest absolute Gasteiger partial charge is 0.422 e. The van der Waals surface area contributed by atoms with Crippen LogP contribution in [0.15, 0.2) is 36.4 Å². The number of nitrogens with zero attached hydrogens (tertiary/aromatic N) is 3. The van der Waals surface area contributed by atoms with Crippen molar-refractivity contribution in [2.75, 3.05) is 50.7 Å². The number of quaternary nitrogens is 1. The van der Waals surface area contributed by atoms with Crippen molar-refractivity contribution in [1.29, 1.82) is 0 Å². The number of rotatable bonds is 19. The van der Waals surface area contributed by atoms with Crippen molar-refractivity contribution in [3.05, 3.63) is 58.7 Å².